The number of benzene rings is 1. The van der Waals surface area contributed by atoms with E-state index in [-0.39, 0.29) is 36.6 Å². The second kappa shape index (κ2) is 19.0. The summed E-state index contributed by atoms with van der Waals surface area (Å²) in [5.74, 6) is -6.44. The first kappa shape index (κ1) is 39.2. The molecular weight excluding hydrogens is 632 g/mol. The van der Waals surface area contributed by atoms with Crippen LogP contribution in [0.4, 0.5) is 4.79 Å². The summed E-state index contributed by atoms with van der Waals surface area (Å²) >= 11 is 0. The fourth-order valence-corrected chi connectivity index (χ4v) is 6.87. The highest BCUT2D eigenvalue weighted by molar-refractivity contribution is 6.38. The van der Waals surface area contributed by atoms with Gasteiger partial charge in [-0.05, 0) is 55.4 Å². The van der Waals surface area contributed by atoms with Gasteiger partial charge in [0.05, 0.1) is 25.2 Å². The summed E-state index contributed by atoms with van der Waals surface area (Å²) in [6, 6.07) is 4.69. The smallest absolute Gasteiger partial charge is 0.407 e. The number of Topliss-reactive ketones (excluding diaryl/α,β-unsaturated/α-hetero) is 2. The molecule has 5 N–H and O–H groups in total. The molecule has 3 rings (SSSR count). The van der Waals surface area contributed by atoms with Crippen LogP contribution in [0.5, 0.6) is 0 Å². The molecule has 13 nitrogen and oxygen atoms in total. The number of ether oxygens (including phenoxy) is 1. The average molecular weight is 685 g/mol. The first-order valence-corrected chi connectivity index (χ1v) is 17.5. The minimum Gasteiger partial charge on any atom is -0.479 e. The molecule has 0 bridgehead atoms. The van der Waals surface area contributed by atoms with Crippen LogP contribution in [0.25, 0.3) is 0 Å². The van der Waals surface area contributed by atoms with Crippen molar-refractivity contribution >= 4 is 41.4 Å². The van der Waals surface area contributed by atoms with E-state index in [0.717, 1.165) is 32.1 Å². The molecule has 2 aliphatic rings. The Morgan fingerprint density at radius 3 is 2.18 bits per heavy atom. The van der Waals surface area contributed by atoms with Crippen molar-refractivity contribution in [3.05, 3.63) is 35.9 Å². The quantitative estimate of drug-likeness (QED) is 0.153. The molecule has 0 radical (unpaired) electrons. The number of hydrogen-bond acceptors (Lipinski definition) is 8. The Morgan fingerprint density at radius 2 is 1.57 bits per heavy atom. The Morgan fingerprint density at radius 1 is 0.898 bits per heavy atom. The van der Waals surface area contributed by atoms with Gasteiger partial charge in [0, 0.05) is 11.8 Å². The molecule has 0 aromatic heterocycles. The molecule has 1 aromatic carbocycles. The molecule has 13 heteroatoms. The van der Waals surface area contributed by atoms with Crippen LogP contribution in [-0.2, 0) is 33.5 Å². The maximum atomic E-state index is 14.2. The highest BCUT2D eigenvalue weighted by atomic mass is 16.5. The Kier molecular flexibility index (Phi) is 15.2. The maximum Gasteiger partial charge on any atom is 0.407 e. The van der Waals surface area contributed by atoms with Crippen molar-refractivity contribution in [2.45, 2.75) is 104 Å². The van der Waals surface area contributed by atoms with Crippen molar-refractivity contribution < 1.29 is 43.4 Å². The lowest BCUT2D eigenvalue weighted by Crippen LogP contribution is -2.53. The van der Waals surface area contributed by atoms with Crippen molar-refractivity contribution in [1.29, 1.82) is 0 Å². The van der Waals surface area contributed by atoms with Gasteiger partial charge >= 0.3 is 12.1 Å². The monoisotopic (exact) mass is 684 g/mol. The van der Waals surface area contributed by atoms with Crippen LogP contribution in [0.2, 0.25) is 0 Å². The van der Waals surface area contributed by atoms with Crippen LogP contribution in [0, 0.1) is 29.6 Å². The van der Waals surface area contributed by atoms with E-state index in [2.05, 4.69) is 21.3 Å². The number of carboxylic acid groups (broad SMARTS) is 1. The zero-order chi connectivity index (χ0) is 36.1. The number of rotatable bonds is 17. The average Bonchev–Trinajstić information content (AvgIpc) is 3.48. The van der Waals surface area contributed by atoms with Crippen LogP contribution in [0.1, 0.15) is 97.1 Å². The van der Waals surface area contributed by atoms with Gasteiger partial charge in [-0.25, -0.2) is 9.59 Å². The van der Waals surface area contributed by atoms with Crippen LogP contribution < -0.4 is 21.3 Å². The number of hydrogen-bond donors (Lipinski definition) is 5. The largest absolute Gasteiger partial charge is 0.479 e. The first-order valence-electron chi connectivity index (χ1n) is 17.5. The summed E-state index contributed by atoms with van der Waals surface area (Å²) in [7, 11) is 0. The second-order valence-electron chi connectivity index (χ2n) is 13.7. The van der Waals surface area contributed by atoms with Crippen molar-refractivity contribution in [3.8, 4) is 0 Å². The van der Waals surface area contributed by atoms with Crippen molar-refractivity contribution in [1.82, 2.24) is 21.3 Å². The summed E-state index contributed by atoms with van der Waals surface area (Å²) in [4.78, 5) is 90.9. The third-order valence-electron chi connectivity index (χ3n) is 9.42. The minimum atomic E-state index is -1.35. The summed E-state index contributed by atoms with van der Waals surface area (Å²) in [6.45, 7) is 7.09. The number of nitrogens with one attached hydrogen (secondary N) is 4. The maximum absolute atomic E-state index is 14.2. The molecule has 1 aromatic rings. The second-order valence-corrected chi connectivity index (χ2v) is 13.7. The van der Waals surface area contributed by atoms with Gasteiger partial charge in [-0.3, -0.25) is 24.0 Å². The molecule has 2 fully saturated rings. The lowest BCUT2D eigenvalue weighted by atomic mass is 9.75. The molecule has 4 unspecified atom stereocenters. The number of aliphatic carboxylic acids is 1. The van der Waals surface area contributed by atoms with Crippen LogP contribution in [0.3, 0.4) is 0 Å². The van der Waals surface area contributed by atoms with E-state index in [9.17, 15) is 38.7 Å². The zero-order valence-electron chi connectivity index (χ0n) is 29.0. The molecule has 2 saturated carbocycles. The molecule has 2 aliphatic carbocycles. The molecule has 0 saturated heterocycles. The van der Waals surface area contributed by atoms with Crippen LogP contribution in [0.15, 0.2) is 30.3 Å². The lowest BCUT2D eigenvalue weighted by molar-refractivity contribution is -0.143. The van der Waals surface area contributed by atoms with Crippen molar-refractivity contribution in [2.75, 3.05) is 13.2 Å². The van der Waals surface area contributed by atoms with Gasteiger partial charge in [-0.2, -0.15) is 0 Å². The molecule has 0 heterocycles. The molecule has 49 heavy (non-hydrogen) atoms. The standard InChI is InChI=1S/C36H52N4O9/c1-5-12-26(31(42)34(45)37-19-27(41)39-30(35(46)47)24-15-10-7-11-16-24)38-33(44)25-18-17-22(4)28(25)32(43)29(23-13-8-6-9-14-23)40-36(48)49-20-21(2)3/h7,10-11,15-16,21-23,25-26,28-30H,5-6,8-9,12-14,17-20H2,1-4H3,(H,37,45)(H,38,44)(H,39,41)(H,40,48)(H,46,47)/t22?,25-,26?,28?,29+,30?/m1/s1. The van der Waals surface area contributed by atoms with E-state index in [0.29, 0.717) is 24.8 Å². The third kappa shape index (κ3) is 11.4. The number of carbonyl (C=O) groups is 7. The molecule has 270 valence electrons. The molecule has 4 amide bonds. The number of ketones is 2. The van der Waals surface area contributed by atoms with E-state index < -0.39 is 72.1 Å². The molecule has 6 atom stereocenters. The van der Waals surface area contributed by atoms with Gasteiger partial charge in [0.15, 0.2) is 11.8 Å². The Bertz CT molecular complexity index is 1330. The highest BCUT2D eigenvalue weighted by Gasteiger charge is 2.47. The summed E-state index contributed by atoms with van der Waals surface area (Å²) in [6.07, 6.45) is 5.46. The van der Waals surface area contributed by atoms with Gasteiger partial charge in [0.2, 0.25) is 17.6 Å². The molecular formula is C36H52N4O9. The van der Waals surface area contributed by atoms with Gasteiger partial charge < -0.3 is 31.1 Å². The van der Waals surface area contributed by atoms with Crippen molar-refractivity contribution in [3.63, 3.8) is 0 Å². The van der Waals surface area contributed by atoms with Crippen LogP contribution >= 0.6 is 0 Å². The zero-order valence-corrected chi connectivity index (χ0v) is 29.0. The van der Waals surface area contributed by atoms with E-state index >= 15 is 0 Å². The summed E-state index contributed by atoms with van der Waals surface area (Å²) in [5.41, 5.74) is 0.335. The van der Waals surface area contributed by atoms with E-state index in [1.165, 1.54) is 12.1 Å². The van der Waals surface area contributed by atoms with Gasteiger partial charge in [0.25, 0.3) is 5.91 Å². The predicted octanol–water partition coefficient (Wildman–Crippen LogP) is 3.46. The molecule has 0 spiro atoms. The van der Waals surface area contributed by atoms with Gasteiger partial charge in [-0.1, -0.05) is 83.7 Å². The molecule has 0 aliphatic heterocycles. The van der Waals surface area contributed by atoms with Crippen LogP contribution in [-0.4, -0.2) is 71.7 Å². The van der Waals surface area contributed by atoms with E-state index in [1.54, 1.807) is 25.1 Å². The SMILES string of the molecule is CCCC(NC(=O)[C@@H]1CCC(C)C1C(=O)[C@@H](NC(=O)OCC(C)C)C1CCCCC1)C(=O)C(=O)NCC(=O)NC(C(=O)O)c1ccccc1. The first-order chi connectivity index (χ1) is 23.3. The van der Waals surface area contributed by atoms with E-state index in [4.69, 9.17) is 4.74 Å². The minimum absolute atomic E-state index is 0.0712. The Labute approximate surface area is 288 Å². The topological polar surface area (TPSA) is 197 Å². The number of carbonyl (C=O) groups excluding carboxylic acids is 6. The summed E-state index contributed by atoms with van der Waals surface area (Å²) < 4.78 is 5.34. The normalized spacial score (nSPS) is 21.1. The van der Waals surface area contributed by atoms with Gasteiger partial charge in [0.1, 0.15) is 0 Å². The highest BCUT2D eigenvalue weighted by Crippen LogP contribution is 2.40. The fourth-order valence-electron chi connectivity index (χ4n) is 6.87. The Balaban J connectivity index is 1.67. The number of amides is 4. The Hall–Kier alpha value is -4.29. The summed E-state index contributed by atoms with van der Waals surface area (Å²) in [5, 5.41) is 19.6. The number of alkyl carbamates (subject to hydrolysis) is 1. The van der Waals surface area contributed by atoms with Crippen molar-refractivity contribution in [2.24, 2.45) is 29.6 Å². The van der Waals surface area contributed by atoms with E-state index in [1.807, 2.05) is 20.8 Å². The number of carboxylic acids is 1. The third-order valence-corrected chi connectivity index (χ3v) is 9.42. The van der Waals surface area contributed by atoms with Gasteiger partial charge in [-0.15, -0.1) is 0 Å². The predicted molar refractivity (Wildman–Crippen MR) is 180 cm³/mol. The lowest BCUT2D eigenvalue weighted by Gasteiger charge is -2.33. The fraction of sp³-hybridized carbons (Fsp3) is 0.639.